The molecule has 0 saturated carbocycles. The average Bonchev–Trinajstić information content (AvgIpc) is 2.95. The minimum absolute atomic E-state index is 0.312. The van der Waals surface area contributed by atoms with Crippen molar-refractivity contribution in [2.75, 3.05) is 0 Å². The van der Waals surface area contributed by atoms with E-state index in [2.05, 4.69) is 21.2 Å². The Morgan fingerprint density at radius 2 is 1.76 bits per heavy atom. The van der Waals surface area contributed by atoms with Gasteiger partial charge in [-0.3, -0.25) is 24.6 Å². The largest absolute Gasteiger partial charge is 0.480 e. The maximum absolute atomic E-state index is 13.1. The normalized spacial score (nSPS) is 32.2. The van der Waals surface area contributed by atoms with Crippen LogP contribution in [-0.4, -0.2) is 38.9 Å². The number of carboxylic acid groups (broad SMARTS) is 1. The summed E-state index contributed by atoms with van der Waals surface area (Å²) in [6.07, 6.45) is 0. The van der Waals surface area contributed by atoms with E-state index >= 15 is 0 Å². The fraction of sp³-hybridized carbons (Fsp3) is 0.500. The Morgan fingerprint density at radius 3 is 2.24 bits per heavy atom. The molecule has 3 rings (SSSR count). The molecule has 7 heteroatoms. The number of likely N-dealkylation sites (tertiary alicyclic amines) is 1. The minimum atomic E-state index is -1.49. The Hall–Kier alpha value is -1.73. The number of halogens is 1. The Kier molecular flexibility index (Phi) is 4.08. The molecule has 0 radical (unpaired) electrons. The van der Waals surface area contributed by atoms with E-state index < -0.39 is 40.8 Å². The molecule has 0 aromatic heterocycles. The van der Waals surface area contributed by atoms with Crippen LogP contribution in [0.15, 0.2) is 28.7 Å². The SMILES string of the molecule is CC1(C(=O)O)NC(c2ccc(Br)cc2)C2C(=O)N(C(C)(C)C)C(=O)C21. The van der Waals surface area contributed by atoms with Crippen LogP contribution < -0.4 is 5.32 Å². The van der Waals surface area contributed by atoms with Gasteiger partial charge < -0.3 is 5.11 Å². The number of carboxylic acids is 1. The first kappa shape index (κ1) is 18.1. The van der Waals surface area contributed by atoms with E-state index in [1.807, 2.05) is 24.3 Å². The third-order valence-corrected chi connectivity index (χ3v) is 5.66. The Morgan fingerprint density at radius 1 is 1.20 bits per heavy atom. The molecular formula is C18H21BrN2O4. The zero-order chi connectivity index (χ0) is 18.7. The number of hydrogen-bond donors (Lipinski definition) is 2. The lowest BCUT2D eigenvalue weighted by Crippen LogP contribution is -2.55. The van der Waals surface area contributed by atoms with Gasteiger partial charge in [-0.05, 0) is 45.4 Å². The minimum Gasteiger partial charge on any atom is -0.480 e. The second-order valence-electron chi connectivity index (χ2n) is 7.87. The monoisotopic (exact) mass is 408 g/mol. The number of nitrogens with zero attached hydrogens (tertiary/aromatic N) is 1. The van der Waals surface area contributed by atoms with E-state index in [0.29, 0.717) is 0 Å². The van der Waals surface area contributed by atoms with Crippen LogP contribution in [0.4, 0.5) is 0 Å². The number of imide groups is 1. The van der Waals surface area contributed by atoms with Gasteiger partial charge in [0.05, 0.1) is 11.8 Å². The van der Waals surface area contributed by atoms with Gasteiger partial charge in [0, 0.05) is 16.1 Å². The molecule has 4 unspecified atom stereocenters. The summed E-state index contributed by atoms with van der Waals surface area (Å²) >= 11 is 3.37. The molecule has 0 bridgehead atoms. The van der Waals surface area contributed by atoms with Crippen LogP contribution in [0.5, 0.6) is 0 Å². The number of benzene rings is 1. The molecule has 25 heavy (non-hydrogen) atoms. The van der Waals surface area contributed by atoms with Crippen molar-refractivity contribution in [3.05, 3.63) is 34.3 Å². The van der Waals surface area contributed by atoms with Crippen LogP contribution >= 0.6 is 15.9 Å². The van der Waals surface area contributed by atoms with Crippen LogP contribution in [0.3, 0.4) is 0 Å². The Balaban J connectivity index is 2.12. The van der Waals surface area contributed by atoms with Crippen molar-refractivity contribution in [1.82, 2.24) is 10.2 Å². The highest BCUT2D eigenvalue weighted by Crippen LogP contribution is 2.50. The second kappa shape index (κ2) is 5.64. The third kappa shape index (κ3) is 2.60. The van der Waals surface area contributed by atoms with Crippen LogP contribution in [0.2, 0.25) is 0 Å². The fourth-order valence-corrected chi connectivity index (χ4v) is 4.22. The lowest BCUT2D eigenvalue weighted by molar-refractivity contribution is -0.152. The zero-order valence-corrected chi connectivity index (χ0v) is 16.1. The maximum Gasteiger partial charge on any atom is 0.324 e. The van der Waals surface area contributed by atoms with Crippen LogP contribution in [0.1, 0.15) is 39.3 Å². The number of hydrogen-bond acceptors (Lipinski definition) is 4. The highest BCUT2D eigenvalue weighted by molar-refractivity contribution is 9.10. The fourth-order valence-electron chi connectivity index (χ4n) is 3.95. The molecule has 1 aromatic rings. The van der Waals surface area contributed by atoms with Gasteiger partial charge in [-0.1, -0.05) is 28.1 Å². The Labute approximate surface area is 154 Å². The molecule has 0 aliphatic carbocycles. The van der Waals surface area contributed by atoms with E-state index in [9.17, 15) is 19.5 Å². The molecular weight excluding hydrogens is 388 g/mol. The van der Waals surface area contributed by atoms with E-state index in [1.54, 1.807) is 20.8 Å². The van der Waals surface area contributed by atoms with E-state index in [1.165, 1.54) is 11.8 Å². The van der Waals surface area contributed by atoms with E-state index in [4.69, 9.17) is 0 Å². The summed E-state index contributed by atoms with van der Waals surface area (Å²) in [6, 6.07) is 6.83. The van der Waals surface area contributed by atoms with Gasteiger partial charge >= 0.3 is 5.97 Å². The number of nitrogens with one attached hydrogen (secondary N) is 1. The van der Waals surface area contributed by atoms with Crippen molar-refractivity contribution in [2.24, 2.45) is 11.8 Å². The first-order valence-electron chi connectivity index (χ1n) is 8.13. The third-order valence-electron chi connectivity index (χ3n) is 5.13. The molecule has 4 atom stereocenters. The first-order chi connectivity index (χ1) is 11.5. The maximum atomic E-state index is 13.1. The van der Waals surface area contributed by atoms with Crippen molar-refractivity contribution in [3.8, 4) is 0 Å². The second-order valence-corrected chi connectivity index (χ2v) is 8.78. The van der Waals surface area contributed by atoms with Crippen molar-refractivity contribution in [1.29, 1.82) is 0 Å². The summed E-state index contributed by atoms with van der Waals surface area (Å²) in [7, 11) is 0. The van der Waals surface area contributed by atoms with Gasteiger partial charge in [-0.15, -0.1) is 0 Å². The van der Waals surface area contributed by atoms with Crippen molar-refractivity contribution >= 4 is 33.7 Å². The number of rotatable bonds is 2. The number of amides is 2. The summed E-state index contributed by atoms with van der Waals surface area (Å²) in [4.78, 5) is 39.2. The lowest BCUT2D eigenvalue weighted by atomic mass is 9.80. The number of fused-ring (bicyclic) bond motifs is 1. The average molecular weight is 409 g/mol. The van der Waals surface area contributed by atoms with Crippen molar-refractivity contribution < 1.29 is 19.5 Å². The van der Waals surface area contributed by atoms with Gasteiger partial charge in [0.25, 0.3) is 0 Å². The predicted octanol–water partition coefficient (Wildman–Crippen LogP) is 2.34. The zero-order valence-electron chi connectivity index (χ0n) is 14.5. The number of aliphatic carboxylic acids is 1. The molecule has 2 aliphatic rings. The molecule has 134 valence electrons. The summed E-state index contributed by atoms with van der Waals surface area (Å²) in [5.41, 5.74) is -1.39. The lowest BCUT2D eigenvalue weighted by Gasteiger charge is -2.34. The van der Waals surface area contributed by atoms with Crippen LogP contribution in [0.25, 0.3) is 0 Å². The highest BCUT2D eigenvalue weighted by Gasteiger charge is 2.67. The number of carbonyl (C=O) groups is 3. The first-order valence-corrected chi connectivity index (χ1v) is 8.92. The molecule has 2 N–H and O–H groups in total. The Bertz CT molecular complexity index is 755. The van der Waals surface area contributed by atoms with Crippen molar-refractivity contribution in [2.45, 2.75) is 44.8 Å². The predicted molar refractivity (Wildman–Crippen MR) is 94.6 cm³/mol. The quantitative estimate of drug-likeness (QED) is 0.733. The molecule has 2 saturated heterocycles. The summed E-state index contributed by atoms with van der Waals surface area (Å²) < 4.78 is 0.886. The van der Waals surface area contributed by atoms with Gasteiger partial charge in [0.15, 0.2) is 0 Å². The molecule has 2 fully saturated rings. The number of carbonyl (C=O) groups excluding carboxylic acids is 2. The topological polar surface area (TPSA) is 86.7 Å². The van der Waals surface area contributed by atoms with Gasteiger partial charge in [0.2, 0.25) is 11.8 Å². The van der Waals surface area contributed by atoms with E-state index in [0.717, 1.165) is 10.0 Å². The molecule has 6 nitrogen and oxygen atoms in total. The smallest absolute Gasteiger partial charge is 0.324 e. The van der Waals surface area contributed by atoms with Gasteiger partial charge in [-0.25, -0.2) is 0 Å². The van der Waals surface area contributed by atoms with Crippen molar-refractivity contribution in [3.63, 3.8) is 0 Å². The van der Waals surface area contributed by atoms with Gasteiger partial charge in [-0.2, -0.15) is 0 Å². The summed E-state index contributed by atoms with van der Waals surface area (Å²) in [5.74, 6) is -3.51. The molecule has 2 heterocycles. The van der Waals surface area contributed by atoms with Gasteiger partial charge in [0.1, 0.15) is 5.54 Å². The summed E-state index contributed by atoms with van der Waals surface area (Å²) in [6.45, 7) is 6.83. The van der Waals surface area contributed by atoms with Crippen LogP contribution in [0, 0.1) is 11.8 Å². The molecule has 2 aliphatic heterocycles. The highest BCUT2D eigenvalue weighted by atomic mass is 79.9. The summed E-state index contributed by atoms with van der Waals surface area (Å²) in [5, 5.41) is 12.8. The van der Waals surface area contributed by atoms with E-state index in [-0.39, 0.29) is 5.91 Å². The van der Waals surface area contributed by atoms with Crippen LogP contribution in [-0.2, 0) is 14.4 Å². The molecule has 1 aromatic carbocycles. The molecule has 2 amide bonds. The molecule has 0 spiro atoms. The standard InChI is InChI=1S/C18H21BrN2O4/c1-17(2,3)21-14(22)11-12(15(21)23)18(4,16(24)25)20-13(11)9-5-7-10(19)8-6-9/h5-8,11-13,20H,1-4H3,(H,24,25).